The number of amides is 2. The molecule has 0 radical (unpaired) electrons. The number of ether oxygens (including phenoxy) is 2. The molecule has 204 valence electrons. The summed E-state index contributed by atoms with van der Waals surface area (Å²) in [5.74, 6) is -0.254. The lowest BCUT2D eigenvalue weighted by atomic mass is 10.1. The van der Waals surface area contributed by atoms with Gasteiger partial charge in [0.1, 0.15) is 11.5 Å². The molecule has 2 amide bonds. The molecule has 0 saturated carbocycles. The van der Waals surface area contributed by atoms with Gasteiger partial charge >= 0.3 is 6.18 Å². The van der Waals surface area contributed by atoms with Crippen LogP contribution in [-0.2, 0) is 17.5 Å². The first kappa shape index (κ1) is 27.9. The second kappa shape index (κ2) is 12.2. The van der Waals surface area contributed by atoms with Gasteiger partial charge in [0, 0.05) is 17.6 Å². The smallest absolute Gasteiger partial charge is 0.417 e. The predicted octanol–water partition coefficient (Wildman–Crippen LogP) is 4.42. The zero-order valence-electron chi connectivity index (χ0n) is 20.5. The van der Waals surface area contributed by atoms with Gasteiger partial charge in [-0.25, -0.2) is 4.98 Å². The first-order valence-corrected chi connectivity index (χ1v) is 13.0. The molecular weight excluding hydrogens is 557 g/mol. The summed E-state index contributed by atoms with van der Waals surface area (Å²) in [4.78, 5) is 29.2. The van der Waals surface area contributed by atoms with Crippen LogP contribution in [0.3, 0.4) is 0 Å². The highest BCUT2D eigenvalue weighted by molar-refractivity contribution is 7.99. The number of carbonyl (C=O) groups excluding carboxylic acids is 2. The second-order valence-electron chi connectivity index (χ2n) is 7.67. The minimum absolute atomic E-state index is 0.0463. The number of rotatable bonds is 10. The van der Waals surface area contributed by atoms with Crippen molar-refractivity contribution in [3.05, 3.63) is 71.0 Å². The van der Waals surface area contributed by atoms with Crippen LogP contribution in [0.5, 0.6) is 11.5 Å². The minimum Gasteiger partial charge on any atom is -0.497 e. The lowest BCUT2D eigenvalue weighted by Crippen LogP contribution is -2.27. The van der Waals surface area contributed by atoms with Crippen LogP contribution in [0.1, 0.15) is 21.7 Å². The lowest BCUT2D eigenvalue weighted by molar-refractivity contribution is -0.138. The quantitative estimate of drug-likeness (QED) is 0.266. The van der Waals surface area contributed by atoms with E-state index in [-0.39, 0.29) is 29.2 Å². The highest BCUT2D eigenvalue weighted by Gasteiger charge is 2.35. The molecule has 10 nitrogen and oxygen atoms in total. The van der Waals surface area contributed by atoms with E-state index in [1.165, 1.54) is 37.7 Å². The Morgan fingerprint density at radius 2 is 1.90 bits per heavy atom. The van der Waals surface area contributed by atoms with E-state index in [1.54, 1.807) is 34.3 Å². The molecule has 15 heteroatoms. The van der Waals surface area contributed by atoms with Gasteiger partial charge in [0.15, 0.2) is 16.1 Å². The summed E-state index contributed by atoms with van der Waals surface area (Å²) in [6.45, 7) is -0.274. The van der Waals surface area contributed by atoms with E-state index in [0.717, 1.165) is 23.9 Å². The fourth-order valence-corrected chi connectivity index (χ4v) is 4.78. The summed E-state index contributed by atoms with van der Waals surface area (Å²) in [6.07, 6.45) is -3.14. The number of anilines is 1. The van der Waals surface area contributed by atoms with Gasteiger partial charge in [-0.3, -0.25) is 14.2 Å². The lowest BCUT2D eigenvalue weighted by Gasteiger charge is -2.16. The van der Waals surface area contributed by atoms with E-state index >= 15 is 0 Å². The van der Waals surface area contributed by atoms with E-state index in [4.69, 9.17) is 9.47 Å². The van der Waals surface area contributed by atoms with Gasteiger partial charge in [0.25, 0.3) is 5.91 Å². The molecule has 0 saturated heterocycles. The van der Waals surface area contributed by atoms with E-state index in [9.17, 15) is 22.8 Å². The van der Waals surface area contributed by atoms with Crippen molar-refractivity contribution in [2.45, 2.75) is 17.9 Å². The van der Waals surface area contributed by atoms with Gasteiger partial charge in [-0.05, 0) is 24.3 Å². The van der Waals surface area contributed by atoms with Crippen LogP contribution in [-0.4, -0.2) is 51.5 Å². The molecule has 0 aliphatic heterocycles. The first-order chi connectivity index (χ1) is 18.7. The fourth-order valence-electron chi connectivity index (χ4n) is 3.48. The molecule has 4 aromatic rings. The Balaban J connectivity index is 1.63. The second-order valence-corrected chi connectivity index (χ2v) is 9.51. The number of hydrogen-bond donors (Lipinski definition) is 2. The number of aromatic nitrogens is 4. The maximum absolute atomic E-state index is 13.4. The van der Waals surface area contributed by atoms with Crippen LogP contribution >= 0.6 is 23.1 Å². The van der Waals surface area contributed by atoms with Crippen molar-refractivity contribution in [2.75, 3.05) is 25.3 Å². The molecule has 0 unspecified atom stereocenters. The fraction of sp³-hybridized carbons (Fsp3) is 0.208. The number of hydrogen-bond acceptors (Lipinski definition) is 9. The SMILES string of the molecule is COc1ccc(OC)c(-n2c(CNC(=O)c3ccccc3C(F)(F)F)nnc2SCC(=O)Nc2nccs2)c1. The molecule has 2 N–H and O–H groups in total. The van der Waals surface area contributed by atoms with Crippen molar-refractivity contribution in [3.8, 4) is 17.2 Å². The first-order valence-electron chi connectivity index (χ1n) is 11.1. The number of thiazole rings is 1. The largest absolute Gasteiger partial charge is 0.497 e. The van der Waals surface area contributed by atoms with Crippen molar-refractivity contribution in [2.24, 2.45) is 0 Å². The number of nitrogens with one attached hydrogen (secondary N) is 2. The van der Waals surface area contributed by atoms with Gasteiger partial charge in [0.2, 0.25) is 5.91 Å². The number of carbonyl (C=O) groups is 2. The zero-order valence-corrected chi connectivity index (χ0v) is 22.1. The third kappa shape index (κ3) is 6.67. The molecule has 0 aliphatic carbocycles. The van der Waals surface area contributed by atoms with Crippen LogP contribution in [0.4, 0.5) is 18.3 Å². The molecule has 0 fully saturated rings. The topological polar surface area (TPSA) is 120 Å². The Morgan fingerprint density at radius 3 is 2.59 bits per heavy atom. The third-order valence-electron chi connectivity index (χ3n) is 5.22. The van der Waals surface area contributed by atoms with Crippen molar-refractivity contribution >= 4 is 40.0 Å². The monoisotopic (exact) mass is 578 g/mol. The van der Waals surface area contributed by atoms with Crippen LogP contribution in [0, 0.1) is 0 Å². The summed E-state index contributed by atoms with van der Waals surface area (Å²) in [5, 5.41) is 15.9. The summed E-state index contributed by atoms with van der Waals surface area (Å²) in [5.41, 5.74) is -1.14. The molecule has 2 aromatic carbocycles. The third-order valence-corrected chi connectivity index (χ3v) is 6.84. The molecule has 0 aliphatic rings. The zero-order chi connectivity index (χ0) is 28.0. The number of methoxy groups -OCH3 is 2. The number of alkyl halides is 3. The van der Waals surface area contributed by atoms with Gasteiger partial charge in [-0.1, -0.05) is 23.9 Å². The minimum atomic E-state index is -4.70. The Morgan fingerprint density at radius 1 is 1.10 bits per heavy atom. The molecule has 0 atom stereocenters. The molecular formula is C24H21F3N6O4S2. The van der Waals surface area contributed by atoms with Crippen molar-refractivity contribution in [3.63, 3.8) is 0 Å². The summed E-state index contributed by atoms with van der Waals surface area (Å²) < 4.78 is 52.6. The molecule has 2 heterocycles. The number of halogens is 3. The molecule has 4 rings (SSSR count). The molecule has 0 bridgehead atoms. The molecule has 2 aromatic heterocycles. The van der Waals surface area contributed by atoms with Gasteiger partial charge in [-0.2, -0.15) is 13.2 Å². The number of nitrogens with zero attached hydrogens (tertiary/aromatic N) is 4. The van der Waals surface area contributed by atoms with E-state index in [2.05, 4.69) is 25.8 Å². The van der Waals surface area contributed by atoms with Gasteiger partial charge in [-0.15, -0.1) is 21.5 Å². The van der Waals surface area contributed by atoms with E-state index in [1.807, 2.05) is 0 Å². The van der Waals surface area contributed by atoms with Crippen molar-refractivity contribution in [1.29, 1.82) is 0 Å². The van der Waals surface area contributed by atoms with Crippen molar-refractivity contribution in [1.82, 2.24) is 25.1 Å². The summed E-state index contributed by atoms with van der Waals surface area (Å²) in [7, 11) is 2.94. The average Bonchev–Trinajstić information content (AvgIpc) is 3.59. The highest BCUT2D eigenvalue weighted by Crippen LogP contribution is 2.33. The Labute approximate surface area is 228 Å². The highest BCUT2D eigenvalue weighted by atomic mass is 32.2. The maximum Gasteiger partial charge on any atom is 0.417 e. The molecule has 0 spiro atoms. The average molecular weight is 579 g/mol. The van der Waals surface area contributed by atoms with Crippen LogP contribution in [0.15, 0.2) is 59.2 Å². The van der Waals surface area contributed by atoms with Crippen LogP contribution in [0.25, 0.3) is 5.69 Å². The Hall–Kier alpha value is -4.11. The normalized spacial score (nSPS) is 11.2. The van der Waals surface area contributed by atoms with Crippen molar-refractivity contribution < 1.29 is 32.2 Å². The predicted molar refractivity (Wildman–Crippen MR) is 139 cm³/mol. The summed E-state index contributed by atoms with van der Waals surface area (Å²) >= 11 is 2.33. The van der Waals surface area contributed by atoms with E-state index < -0.39 is 23.2 Å². The maximum atomic E-state index is 13.4. The Kier molecular flexibility index (Phi) is 8.71. The number of benzene rings is 2. The van der Waals surface area contributed by atoms with Crippen LogP contribution < -0.4 is 20.1 Å². The number of thioether (sulfide) groups is 1. The standard InChI is InChI=1S/C24H21F3N6O4S2/c1-36-14-7-8-18(37-2)17(11-14)33-19(12-29-21(35)15-5-3-4-6-16(15)24(25,26)27)31-32-23(33)39-13-20(34)30-22-28-9-10-38-22/h3-11H,12-13H2,1-2H3,(H,29,35)(H,28,30,34). The van der Waals surface area contributed by atoms with Crippen LogP contribution in [0.2, 0.25) is 0 Å². The summed E-state index contributed by atoms with van der Waals surface area (Å²) in [6, 6.07) is 9.46. The van der Waals surface area contributed by atoms with E-state index in [0.29, 0.717) is 22.3 Å². The molecule has 39 heavy (non-hydrogen) atoms. The Bertz CT molecular complexity index is 1460. The van der Waals surface area contributed by atoms with Gasteiger partial charge < -0.3 is 20.1 Å². The van der Waals surface area contributed by atoms with Gasteiger partial charge in [0.05, 0.1) is 43.3 Å².